The fraction of sp³-hybridized carbons (Fsp3) is 0.556. The number of hydrogen-bond acceptors (Lipinski definition) is 5. The number of amides is 1. The zero-order valence-corrected chi connectivity index (χ0v) is 19.7. The summed E-state index contributed by atoms with van der Waals surface area (Å²) in [4.78, 5) is 20.6. The van der Waals surface area contributed by atoms with Crippen molar-refractivity contribution in [3.63, 3.8) is 0 Å². The van der Waals surface area contributed by atoms with Gasteiger partial charge in [0, 0.05) is 39.0 Å². The van der Waals surface area contributed by atoms with E-state index < -0.39 is 9.84 Å². The third kappa shape index (κ3) is 7.12. The van der Waals surface area contributed by atoms with Crippen LogP contribution in [0.4, 0.5) is 4.79 Å². The highest BCUT2D eigenvalue weighted by Crippen LogP contribution is 2.11. The zero-order chi connectivity index (χ0) is 19.9. The van der Waals surface area contributed by atoms with Gasteiger partial charge in [-0.05, 0) is 31.5 Å². The molecule has 1 aromatic rings. The van der Waals surface area contributed by atoms with Gasteiger partial charge in [0.1, 0.15) is 0 Å². The van der Waals surface area contributed by atoms with E-state index in [0.717, 1.165) is 18.1 Å². The molecule has 0 radical (unpaired) electrons. The van der Waals surface area contributed by atoms with Crippen molar-refractivity contribution in [3.05, 3.63) is 29.8 Å². The highest BCUT2D eigenvalue weighted by atomic mass is 127. The summed E-state index contributed by atoms with van der Waals surface area (Å²) in [5.74, 6) is 0.785. The predicted molar refractivity (Wildman–Crippen MR) is 120 cm³/mol. The first-order valence-corrected chi connectivity index (χ1v) is 11.0. The second-order valence-corrected chi connectivity index (χ2v) is 8.28. The number of guanidine groups is 1. The molecule has 8 nitrogen and oxygen atoms in total. The van der Waals surface area contributed by atoms with E-state index in [1.54, 1.807) is 36.1 Å². The molecular weight excluding hydrogens is 495 g/mol. The first-order valence-electron chi connectivity index (χ1n) is 9.09. The SMILES string of the molecule is CCNC(=NCc1ccc(S(C)(=O)=O)cc1)N1CCN(C(=O)OCC)CC1.I. The normalized spacial score (nSPS) is 15.0. The molecule has 10 heteroatoms. The number of carbonyl (C=O) groups is 1. The molecule has 1 aliphatic rings. The van der Waals surface area contributed by atoms with Crippen LogP contribution in [0.5, 0.6) is 0 Å². The van der Waals surface area contributed by atoms with Crippen LogP contribution in [0.3, 0.4) is 0 Å². The minimum atomic E-state index is -3.19. The van der Waals surface area contributed by atoms with Crippen molar-refractivity contribution in [2.24, 2.45) is 4.99 Å². The van der Waals surface area contributed by atoms with Gasteiger partial charge in [0.25, 0.3) is 0 Å². The molecule has 0 atom stereocenters. The summed E-state index contributed by atoms with van der Waals surface area (Å²) in [5.41, 5.74) is 0.933. The Labute approximate surface area is 184 Å². The molecule has 28 heavy (non-hydrogen) atoms. The van der Waals surface area contributed by atoms with Crippen molar-refractivity contribution in [1.29, 1.82) is 0 Å². The Kier molecular flexibility index (Phi) is 10.0. The van der Waals surface area contributed by atoms with E-state index >= 15 is 0 Å². The number of aliphatic imine (C=N–C) groups is 1. The van der Waals surface area contributed by atoms with Crippen molar-refractivity contribution < 1.29 is 17.9 Å². The number of halogens is 1. The molecule has 0 aliphatic carbocycles. The summed E-state index contributed by atoms with van der Waals surface area (Å²) < 4.78 is 28.1. The number of sulfone groups is 1. The van der Waals surface area contributed by atoms with Crippen molar-refractivity contribution in [1.82, 2.24) is 15.1 Å². The van der Waals surface area contributed by atoms with Crippen molar-refractivity contribution in [2.75, 3.05) is 45.6 Å². The molecule has 0 aromatic heterocycles. The molecule has 1 aliphatic heterocycles. The Balaban J connectivity index is 0.00000392. The Morgan fingerprint density at radius 3 is 2.18 bits per heavy atom. The summed E-state index contributed by atoms with van der Waals surface area (Å²) in [7, 11) is -3.19. The maximum absolute atomic E-state index is 11.8. The van der Waals surface area contributed by atoms with Gasteiger partial charge >= 0.3 is 6.09 Å². The van der Waals surface area contributed by atoms with Crippen LogP contribution in [0.25, 0.3) is 0 Å². The molecule has 158 valence electrons. The number of hydrogen-bond donors (Lipinski definition) is 1. The van der Waals surface area contributed by atoms with Gasteiger partial charge in [0.15, 0.2) is 15.8 Å². The van der Waals surface area contributed by atoms with Gasteiger partial charge in [-0.25, -0.2) is 18.2 Å². The average molecular weight is 524 g/mol. The minimum Gasteiger partial charge on any atom is -0.450 e. The summed E-state index contributed by atoms with van der Waals surface area (Å²) in [6.45, 7) is 7.90. The monoisotopic (exact) mass is 524 g/mol. The van der Waals surface area contributed by atoms with Crippen LogP contribution >= 0.6 is 24.0 Å². The van der Waals surface area contributed by atoms with Crippen LogP contribution in [-0.2, 0) is 21.1 Å². The number of ether oxygens (including phenoxy) is 1. The van der Waals surface area contributed by atoms with E-state index in [4.69, 9.17) is 4.74 Å². The molecular formula is C18H29IN4O4S. The highest BCUT2D eigenvalue weighted by Gasteiger charge is 2.23. The Morgan fingerprint density at radius 2 is 1.68 bits per heavy atom. The van der Waals surface area contributed by atoms with E-state index in [9.17, 15) is 13.2 Å². The van der Waals surface area contributed by atoms with Crippen molar-refractivity contribution in [3.8, 4) is 0 Å². The van der Waals surface area contributed by atoms with Gasteiger partial charge in [-0.1, -0.05) is 12.1 Å². The molecule has 0 saturated carbocycles. The van der Waals surface area contributed by atoms with Gasteiger partial charge < -0.3 is 19.9 Å². The van der Waals surface area contributed by atoms with Crippen LogP contribution in [0.1, 0.15) is 19.4 Å². The second-order valence-electron chi connectivity index (χ2n) is 6.26. The van der Waals surface area contributed by atoms with E-state index in [0.29, 0.717) is 44.2 Å². The molecule has 0 bridgehead atoms. The molecule has 1 fully saturated rings. The lowest BCUT2D eigenvalue weighted by molar-refractivity contribution is 0.0914. The van der Waals surface area contributed by atoms with Gasteiger partial charge in [0.05, 0.1) is 18.0 Å². The average Bonchev–Trinajstić information content (AvgIpc) is 2.65. The molecule has 1 amide bonds. The zero-order valence-electron chi connectivity index (χ0n) is 16.6. The summed E-state index contributed by atoms with van der Waals surface area (Å²) in [5, 5.41) is 3.27. The molecule has 0 spiro atoms. The maximum Gasteiger partial charge on any atom is 0.409 e. The Morgan fingerprint density at radius 1 is 1.11 bits per heavy atom. The molecule has 1 saturated heterocycles. The van der Waals surface area contributed by atoms with Crippen LogP contribution in [0.15, 0.2) is 34.2 Å². The Bertz CT molecular complexity index is 760. The first-order chi connectivity index (χ1) is 12.8. The lowest BCUT2D eigenvalue weighted by atomic mass is 10.2. The van der Waals surface area contributed by atoms with E-state index in [-0.39, 0.29) is 30.1 Å². The molecule has 1 aromatic carbocycles. The number of rotatable bonds is 5. The number of nitrogens with one attached hydrogen (secondary N) is 1. The van der Waals surface area contributed by atoms with Gasteiger partial charge in [0.2, 0.25) is 0 Å². The van der Waals surface area contributed by atoms with Crippen LogP contribution in [0.2, 0.25) is 0 Å². The Hall–Kier alpha value is -1.56. The van der Waals surface area contributed by atoms with Gasteiger partial charge in [-0.15, -0.1) is 24.0 Å². The molecule has 0 unspecified atom stereocenters. The first kappa shape index (κ1) is 24.5. The van der Waals surface area contributed by atoms with Gasteiger partial charge in [-0.3, -0.25) is 0 Å². The van der Waals surface area contributed by atoms with E-state index in [2.05, 4.69) is 15.2 Å². The van der Waals surface area contributed by atoms with Crippen LogP contribution < -0.4 is 5.32 Å². The number of piperazine rings is 1. The summed E-state index contributed by atoms with van der Waals surface area (Å²) in [6, 6.07) is 6.76. The fourth-order valence-electron chi connectivity index (χ4n) is 2.75. The maximum atomic E-state index is 11.8. The van der Waals surface area contributed by atoms with E-state index in [1.807, 2.05) is 6.92 Å². The lowest BCUT2D eigenvalue weighted by Gasteiger charge is -2.35. The highest BCUT2D eigenvalue weighted by molar-refractivity contribution is 14.0. The molecule has 1 N–H and O–H groups in total. The van der Waals surface area contributed by atoms with Gasteiger partial charge in [-0.2, -0.15) is 0 Å². The predicted octanol–water partition coefficient (Wildman–Crippen LogP) is 1.95. The van der Waals surface area contributed by atoms with Crippen LogP contribution in [-0.4, -0.2) is 75.9 Å². The van der Waals surface area contributed by atoms with Crippen molar-refractivity contribution in [2.45, 2.75) is 25.3 Å². The largest absolute Gasteiger partial charge is 0.450 e. The number of carbonyl (C=O) groups excluding carboxylic acids is 1. The standard InChI is InChI=1S/C18H28N4O4S.HI/c1-4-19-17(21-10-12-22(13-11-21)18(23)26-5-2)20-14-15-6-8-16(9-7-15)27(3,24)25;/h6-9H,4-5,10-14H2,1-3H3,(H,19,20);1H. The molecule has 1 heterocycles. The minimum absolute atomic E-state index is 0. The smallest absolute Gasteiger partial charge is 0.409 e. The van der Waals surface area contributed by atoms with Crippen LogP contribution in [0, 0.1) is 0 Å². The second kappa shape index (κ2) is 11.4. The number of nitrogens with zero attached hydrogens (tertiary/aromatic N) is 3. The van der Waals surface area contributed by atoms with Crippen molar-refractivity contribution >= 4 is 45.9 Å². The summed E-state index contributed by atoms with van der Waals surface area (Å²) in [6.07, 6.45) is 0.921. The topological polar surface area (TPSA) is 91.3 Å². The van der Waals surface area contributed by atoms with E-state index in [1.165, 1.54) is 6.26 Å². The molecule has 2 rings (SSSR count). The third-order valence-electron chi connectivity index (χ3n) is 4.20. The third-order valence-corrected chi connectivity index (χ3v) is 5.33. The lowest BCUT2D eigenvalue weighted by Crippen LogP contribution is -2.53. The number of benzene rings is 1. The fourth-order valence-corrected chi connectivity index (χ4v) is 3.38. The summed E-state index contributed by atoms with van der Waals surface area (Å²) >= 11 is 0. The quantitative estimate of drug-likeness (QED) is 0.360.